The van der Waals surface area contributed by atoms with E-state index in [4.69, 9.17) is 16.3 Å². The molecule has 0 aliphatic carbocycles. The zero-order chi connectivity index (χ0) is 17.7. The van der Waals surface area contributed by atoms with Crippen LogP contribution in [-0.4, -0.2) is 23.0 Å². The molecule has 126 valence electrons. The Bertz CT molecular complexity index is 712. The van der Waals surface area contributed by atoms with Crippen molar-refractivity contribution in [3.05, 3.63) is 58.9 Å². The summed E-state index contributed by atoms with van der Waals surface area (Å²) in [7, 11) is 0. The first-order valence-electron chi connectivity index (χ1n) is 7.60. The van der Waals surface area contributed by atoms with E-state index < -0.39 is 18.0 Å². The Morgan fingerprint density at radius 2 is 1.75 bits per heavy atom. The number of rotatable bonds is 5. The lowest BCUT2D eigenvalue weighted by atomic mass is 10.0. The third-order valence-electron chi connectivity index (χ3n) is 3.46. The van der Waals surface area contributed by atoms with Crippen molar-refractivity contribution in [2.75, 3.05) is 5.32 Å². The van der Waals surface area contributed by atoms with E-state index in [9.17, 15) is 9.59 Å². The highest BCUT2D eigenvalue weighted by Crippen LogP contribution is 2.17. The number of amides is 1. The van der Waals surface area contributed by atoms with Crippen molar-refractivity contribution in [3.63, 3.8) is 0 Å². The van der Waals surface area contributed by atoms with Gasteiger partial charge in [0, 0.05) is 11.9 Å². The molecule has 2 rings (SSSR count). The fourth-order valence-electron chi connectivity index (χ4n) is 1.97. The van der Waals surface area contributed by atoms with Gasteiger partial charge in [-0.15, -0.1) is 0 Å². The minimum atomic E-state index is -0.932. The van der Waals surface area contributed by atoms with Gasteiger partial charge in [0.25, 0.3) is 5.91 Å². The van der Waals surface area contributed by atoms with Crippen LogP contribution in [0.3, 0.4) is 0 Å². The number of nitrogens with one attached hydrogen (secondary N) is 1. The third kappa shape index (κ3) is 4.80. The summed E-state index contributed by atoms with van der Waals surface area (Å²) < 4.78 is 5.14. The largest absolute Gasteiger partial charge is 0.449 e. The number of aromatic nitrogens is 1. The molecule has 0 spiro atoms. The van der Waals surface area contributed by atoms with E-state index >= 15 is 0 Å². The fraction of sp³-hybridized carbons (Fsp3) is 0.278. The molecule has 0 saturated heterocycles. The maximum Gasteiger partial charge on any atom is 0.340 e. The molecular formula is C18H19ClN2O3. The molecule has 0 radical (unpaired) electrons. The number of hydrogen-bond acceptors (Lipinski definition) is 4. The molecule has 2 aromatic rings. The first kappa shape index (κ1) is 17.9. The molecule has 1 aromatic heterocycles. The number of carbonyl (C=O) groups excluding carboxylic acids is 2. The van der Waals surface area contributed by atoms with E-state index in [1.807, 2.05) is 24.3 Å². The van der Waals surface area contributed by atoms with E-state index in [1.165, 1.54) is 30.8 Å². The molecule has 0 fully saturated rings. The minimum absolute atomic E-state index is 0.236. The molecule has 6 heteroatoms. The number of benzene rings is 1. The smallest absolute Gasteiger partial charge is 0.340 e. The van der Waals surface area contributed by atoms with Crippen molar-refractivity contribution in [1.82, 2.24) is 4.98 Å². The summed E-state index contributed by atoms with van der Waals surface area (Å²) in [6.07, 6.45) is 0.373. The summed E-state index contributed by atoms with van der Waals surface area (Å²) in [5, 5.41) is 3.00. The predicted octanol–water partition coefficient (Wildman–Crippen LogP) is 4.04. The summed E-state index contributed by atoms with van der Waals surface area (Å²) in [5.74, 6) is -0.609. The van der Waals surface area contributed by atoms with Crippen LogP contribution in [0.25, 0.3) is 0 Å². The molecule has 0 saturated carbocycles. The molecule has 5 nitrogen and oxygen atoms in total. The van der Waals surface area contributed by atoms with Crippen LogP contribution in [0.15, 0.2) is 42.6 Å². The summed E-state index contributed by atoms with van der Waals surface area (Å²) >= 11 is 5.67. The average molecular weight is 347 g/mol. The number of nitrogens with zero attached hydrogens (tertiary/aromatic N) is 1. The van der Waals surface area contributed by atoms with Crippen LogP contribution in [0.1, 0.15) is 42.6 Å². The predicted molar refractivity (Wildman–Crippen MR) is 93.3 cm³/mol. The lowest BCUT2D eigenvalue weighted by molar-refractivity contribution is -0.123. The second kappa shape index (κ2) is 7.93. The number of halogens is 1. The number of anilines is 1. The van der Waals surface area contributed by atoms with E-state index in [-0.39, 0.29) is 10.7 Å². The molecule has 0 aliphatic rings. The van der Waals surface area contributed by atoms with Gasteiger partial charge in [-0.05, 0) is 42.7 Å². The Morgan fingerprint density at radius 3 is 2.29 bits per heavy atom. The molecule has 1 heterocycles. The van der Waals surface area contributed by atoms with Crippen LogP contribution in [0.2, 0.25) is 5.15 Å². The minimum Gasteiger partial charge on any atom is -0.449 e. The van der Waals surface area contributed by atoms with Gasteiger partial charge in [0.1, 0.15) is 5.15 Å². The number of hydrogen-bond donors (Lipinski definition) is 1. The van der Waals surface area contributed by atoms with Crippen molar-refractivity contribution >= 4 is 29.2 Å². The van der Waals surface area contributed by atoms with E-state index in [0.717, 1.165) is 0 Å². The highest BCUT2D eigenvalue weighted by Gasteiger charge is 2.19. The fourth-order valence-corrected chi connectivity index (χ4v) is 2.09. The van der Waals surface area contributed by atoms with Crippen LogP contribution in [0.5, 0.6) is 0 Å². The van der Waals surface area contributed by atoms with Crippen LogP contribution in [0, 0.1) is 0 Å². The highest BCUT2D eigenvalue weighted by molar-refractivity contribution is 6.29. The van der Waals surface area contributed by atoms with Gasteiger partial charge in [-0.3, -0.25) is 4.79 Å². The quantitative estimate of drug-likeness (QED) is 0.655. The SMILES string of the molecule is CC(C)c1ccc(NC(=O)[C@H](C)OC(=O)c2ccc(Cl)nc2)cc1. The third-order valence-corrected chi connectivity index (χ3v) is 3.68. The maximum atomic E-state index is 12.1. The van der Waals surface area contributed by atoms with Crippen LogP contribution in [0.4, 0.5) is 5.69 Å². The molecule has 1 N–H and O–H groups in total. The Hall–Kier alpha value is -2.40. The van der Waals surface area contributed by atoms with Gasteiger partial charge in [-0.25, -0.2) is 9.78 Å². The number of carbonyl (C=O) groups is 2. The lowest BCUT2D eigenvalue weighted by Crippen LogP contribution is -2.30. The van der Waals surface area contributed by atoms with Crippen molar-refractivity contribution in [3.8, 4) is 0 Å². The molecular weight excluding hydrogens is 328 g/mol. The standard InChI is InChI=1S/C18H19ClN2O3/c1-11(2)13-4-7-15(8-5-13)21-17(22)12(3)24-18(23)14-6-9-16(19)20-10-14/h4-12H,1-3H3,(H,21,22)/t12-/m0/s1. The summed E-state index contributed by atoms with van der Waals surface area (Å²) in [4.78, 5) is 27.9. The van der Waals surface area contributed by atoms with Crippen LogP contribution < -0.4 is 5.32 Å². The normalized spacial score (nSPS) is 11.9. The lowest BCUT2D eigenvalue weighted by Gasteiger charge is -2.14. The summed E-state index contributed by atoms with van der Waals surface area (Å²) in [6.45, 7) is 5.71. The number of ether oxygens (including phenoxy) is 1. The molecule has 24 heavy (non-hydrogen) atoms. The second-order valence-corrected chi connectivity index (χ2v) is 6.07. The summed E-state index contributed by atoms with van der Waals surface area (Å²) in [6, 6.07) is 10.5. The Labute approximate surface area is 146 Å². The molecule has 0 aliphatic heterocycles. The zero-order valence-electron chi connectivity index (χ0n) is 13.7. The Kier molecular flexibility index (Phi) is 5.93. The van der Waals surface area contributed by atoms with E-state index in [2.05, 4.69) is 24.1 Å². The van der Waals surface area contributed by atoms with Gasteiger partial charge in [0.15, 0.2) is 6.10 Å². The maximum absolute atomic E-state index is 12.1. The molecule has 1 aromatic carbocycles. The first-order valence-corrected chi connectivity index (χ1v) is 7.98. The van der Waals surface area contributed by atoms with Gasteiger partial charge in [0.2, 0.25) is 0 Å². The molecule has 1 amide bonds. The van der Waals surface area contributed by atoms with Gasteiger partial charge < -0.3 is 10.1 Å². The molecule has 1 atom stereocenters. The first-order chi connectivity index (χ1) is 11.4. The van der Waals surface area contributed by atoms with Gasteiger partial charge >= 0.3 is 5.97 Å². The van der Waals surface area contributed by atoms with Crippen molar-refractivity contribution < 1.29 is 14.3 Å². The number of esters is 1. The molecule has 0 unspecified atom stereocenters. The highest BCUT2D eigenvalue weighted by atomic mass is 35.5. The topological polar surface area (TPSA) is 68.3 Å². The van der Waals surface area contributed by atoms with Gasteiger partial charge in [0.05, 0.1) is 5.56 Å². The zero-order valence-corrected chi connectivity index (χ0v) is 14.5. The number of pyridine rings is 1. The Balaban J connectivity index is 1.94. The van der Waals surface area contributed by atoms with Crippen molar-refractivity contribution in [2.24, 2.45) is 0 Å². The van der Waals surface area contributed by atoms with Crippen molar-refractivity contribution in [2.45, 2.75) is 32.8 Å². The average Bonchev–Trinajstić information content (AvgIpc) is 2.55. The molecule has 0 bridgehead atoms. The van der Waals surface area contributed by atoms with Crippen LogP contribution >= 0.6 is 11.6 Å². The Morgan fingerprint density at radius 1 is 1.08 bits per heavy atom. The van der Waals surface area contributed by atoms with Gasteiger partial charge in [-0.2, -0.15) is 0 Å². The summed E-state index contributed by atoms with van der Waals surface area (Å²) in [5.41, 5.74) is 2.07. The van der Waals surface area contributed by atoms with E-state index in [0.29, 0.717) is 11.6 Å². The second-order valence-electron chi connectivity index (χ2n) is 5.68. The van der Waals surface area contributed by atoms with Gasteiger partial charge in [-0.1, -0.05) is 37.6 Å². The van der Waals surface area contributed by atoms with Crippen molar-refractivity contribution in [1.29, 1.82) is 0 Å². The monoisotopic (exact) mass is 346 g/mol. The van der Waals surface area contributed by atoms with Crippen LogP contribution in [-0.2, 0) is 9.53 Å². The van der Waals surface area contributed by atoms with E-state index in [1.54, 1.807) is 0 Å².